The maximum absolute atomic E-state index is 13.5. The molecule has 0 saturated heterocycles. The molecule has 0 aliphatic heterocycles. The van der Waals surface area contributed by atoms with E-state index < -0.39 is 11.6 Å². The third kappa shape index (κ3) is 2.96. The lowest BCUT2D eigenvalue weighted by atomic mass is 10.3. The highest BCUT2D eigenvalue weighted by Crippen LogP contribution is 2.28. The summed E-state index contributed by atoms with van der Waals surface area (Å²) in [5.41, 5.74) is 0.632. The Bertz CT molecular complexity index is 590. The molecule has 1 N–H and O–H groups in total. The fourth-order valence-electron chi connectivity index (χ4n) is 1.54. The van der Waals surface area contributed by atoms with E-state index in [2.05, 4.69) is 15.3 Å². The SMILES string of the molecule is CCNc1ncnc(Oc2cc(F)ccc2F)c1C. The van der Waals surface area contributed by atoms with Crippen molar-refractivity contribution in [1.82, 2.24) is 9.97 Å². The van der Waals surface area contributed by atoms with Crippen LogP contribution in [0.4, 0.5) is 14.6 Å². The molecule has 19 heavy (non-hydrogen) atoms. The van der Waals surface area contributed by atoms with Crippen LogP contribution in [0.15, 0.2) is 24.5 Å². The van der Waals surface area contributed by atoms with Gasteiger partial charge in [-0.05, 0) is 26.0 Å². The summed E-state index contributed by atoms with van der Waals surface area (Å²) in [5, 5.41) is 3.03. The van der Waals surface area contributed by atoms with Gasteiger partial charge in [0.15, 0.2) is 11.6 Å². The molecule has 0 aliphatic rings. The molecule has 100 valence electrons. The Balaban J connectivity index is 2.33. The summed E-state index contributed by atoms with van der Waals surface area (Å²) in [6, 6.07) is 3.01. The van der Waals surface area contributed by atoms with Gasteiger partial charge in [0, 0.05) is 12.6 Å². The second-order valence-electron chi connectivity index (χ2n) is 3.86. The van der Waals surface area contributed by atoms with Gasteiger partial charge in [-0.15, -0.1) is 0 Å². The van der Waals surface area contributed by atoms with Gasteiger partial charge in [0.2, 0.25) is 5.88 Å². The minimum atomic E-state index is -0.649. The van der Waals surface area contributed by atoms with E-state index in [0.29, 0.717) is 17.9 Å². The Labute approximate surface area is 109 Å². The van der Waals surface area contributed by atoms with E-state index in [4.69, 9.17) is 4.74 Å². The van der Waals surface area contributed by atoms with Crippen molar-refractivity contribution in [3.8, 4) is 11.6 Å². The van der Waals surface area contributed by atoms with Crippen LogP contribution in [0.5, 0.6) is 11.6 Å². The number of aromatic nitrogens is 2. The molecule has 4 nitrogen and oxygen atoms in total. The molecule has 0 spiro atoms. The fraction of sp³-hybridized carbons (Fsp3) is 0.231. The lowest BCUT2D eigenvalue weighted by Crippen LogP contribution is -2.04. The molecule has 1 aromatic heterocycles. The monoisotopic (exact) mass is 265 g/mol. The molecule has 1 heterocycles. The number of nitrogens with zero attached hydrogens (tertiary/aromatic N) is 2. The number of anilines is 1. The Kier molecular flexibility index (Phi) is 3.89. The molecule has 0 unspecified atom stereocenters. The van der Waals surface area contributed by atoms with Gasteiger partial charge in [-0.1, -0.05) is 0 Å². The zero-order chi connectivity index (χ0) is 13.8. The third-order valence-electron chi connectivity index (χ3n) is 2.48. The molecule has 0 radical (unpaired) electrons. The molecule has 0 atom stereocenters. The first kappa shape index (κ1) is 13.2. The first-order valence-electron chi connectivity index (χ1n) is 5.80. The molecule has 0 bridgehead atoms. The molecular formula is C13H13F2N3O. The van der Waals surface area contributed by atoms with Crippen molar-refractivity contribution in [2.75, 3.05) is 11.9 Å². The maximum Gasteiger partial charge on any atom is 0.227 e. The van der Waals surface area contributed by atoms with Gasteiger partial charge in [-0.2, -0.15) is 0 Å². The van der Waals surface area contributed by atoms with E-state index >= 15 is 0 Å². The van der Waals surface area contributed by atoms with E-state index in [0.717, 1.165) is 18.2 Å². The van der Waals surface area contributed by atoms with Gasteiger partial charge in [-0.25, -0.2) is 18.7 Å². The molecule has 2 aromatic rings. The largest absolute Gasteiger partial charge is 0.435 e. The fourth-order valence-corrected chi connectivity index (χ4v) is 1.54. The van der Waals surface area contributed by atoms with E-state index in [1.807, 2.05) is 6.92 Å². The van der Waals surface area contributed by atoms with Crippen LogP contribution in [-0.4, -0.2) is 16.5 Å². The molecule has 0 saturated carbocycles. The molecular weight excluding hydrogens is 252 g/mol. The number of halogens is 2. The zero-order valence-corrected chi connectivity index (χ0v) is 10.6. The average molecular weight is 265 g/mol. The third-order valence-corrected chi connectivity index (χ3v) is 2.48. The van der Waals surface area contributed by atoms with E-state index in [1.165, 1.54) is 6.33 Å². The average Bonchev–Trinajstić information content (AvgIpc) is 2.39. The van der Waals surface area contributed by atoms with Crippen LogP contribution in [0.2, 0.25) is 0 Å². The number of benzene rings is 1. The minimum absolute atomic E-state index is 0.190. The summed E-state index contributed by atoms with van der Waals surface area (Å²) in [6.45, 7) is 4.35. The smallest absolute Gasteiger partial charge is 0.227 e. The molecule has 1 aromatic carbocycles. The summed E-state index contributed by atoms with van der Waals surface area (Å²) in [4.78, 5) is 7.97. The van der Waals surface area contributed by atoms with Gasteiger partial charge in [0.05, 0.1) is 5.56 Å². The molecule has 2 rings (SSSR count). The minimum Gasteiger partial charge on any atom is -0.435 e. The van der Waals surface area contributed by atoms with Crippen molar-refractivity contribution in [3.05, 3.63) is 41.7 Å². The summed E-state index contributed by atoms with van der Waals surface area (Å²) < 4.78 is 31.8. The first-order chi connectivity index (χ1) is 9.11. The molecule has 0 fully saturated rings. The lowest BCUT2D eigenvalue weighted by molar-refractivity contribution is 0.419. The van der Waals surface area contributed by atoms with Crippen LogP contribution >= 0.6 is 0 Å². The lowest BCUT2D eigenvalue weighted by Gasteiger charge is -2.11. The van der Waals surface area contributed by atoms with Crippen LogP contribution in [-0.2, 0) is 0 Å². The summed E-state index contributed by atoms with van der Waals surface area (Å²) in [6.07, 6.45) is 1.30. The molecule has 0 amide bonds. The molecule has 6 heteroatoms. The summed E-state index contributed by atoms with van der Waals surface area (Å²) in [7, 11) is 0. The Morgan fingerprint density at radius 2 is 2.05 bits per heavy atom. The number of nitrogens with one attached hydrogen (secondary N) is 1. The van der Waals surface area contributed by atoms with Gasteiger partial charge in [-0.3, -0.25) is 0 Å². The summed E-state index contributed by atoms with van der Waals surface area (Å²) >= 11 is 0. The number of hydrogen-bond acceptors (Lipinski definition) is 4. The Hall–Kier alpha value is -2.24. The van der Waals surface area contributed by atoms with Crippen LogP contribution in [0, 0.1) is 18.6 Å². The second kappa shape index (κ2) is 5.60. The van der Waals surface area contributed by atoms with Gasteiger partial charge in [0.1, 0.15) is 18.0 Å². The highest BCUT2D eigenvalue weighted by atomic mass is 19.1. The highest BCUT2D eigenvalue weighted by molar-refractivity contribution is 5.48. The van der Waals surface area contributed by atoms with Crippen molar-refractivity contribution in [2.24, 2.45) is 0 Å². The van der Waals surface area contributed by atoms with Crippen molar-refractivity contribution in [3.63, 3.8) is 0 Å². The second-order valence-corrected chi connectivity index (χ2v) is 3.86. The summed E-state index contributed by atoms with van der Waals surface area (Å²) in [5.74, 6) is -0.636. The standard InChI is InChI=1S/C13H13F2N3O/c1-3-16-12-8(2)13(18-7-17-12)19-11-6-9(14)4-5-10(11)15/h4-7H,3H2,1-2H3,(H,16,17,18). The zero-order valence-electron chi connectivity index (χ0n) is 10.6. The van der Waals surface area contributed by atoms with Crippen molar-refractivity contribution in [2.45, 2.75) is 13.8 Å². The maximum atomic E-state index is 13.5. The van der Waals surface area contributed by atoms with E-state index in [-0.39, 0.29) is 11.6 Å². The van der Waals surface area contributed by atoms with Crippen LogP contribution < -0.4 is 10.1 Å². The van der Waals surface area contributed by atoms with Crippen molar-refractivity contribution >= 4 is 5.82 Å². The Morgan fingerprint density at radius 1 is 1.26 bits per heavy atom. The van der Waals surface area contributed by atoms with Crippen molar-refractivity contribution < 1.29 is 13.5 Å². The quantitative estimate of drug-likeness (QED) is 0.921. The van der Waals surface area contributed by atoms with Crippen molar-refractivity contribution in [1.29, 1.82) is 0 Å². The van der Waals surface area contributed by atoms with Crippen LogP contribution in [0.25, 0.3) is 0 Å². The highest BCUT2D eigenvalue weighted by Gasteiger charge is 2.12. The van der Waals surface area contributed by atoms with Gasteiger partial charge >= 0.3 is 0 Å². The Morgan fingerprint density at radius 3 is 2.79 bits per heavy atom. The van der Waals surface area contributed by atoms with Gasteiger partial charge < -0.3 is 10.1 Å². The van der Waals surface area contributed by atoms with E-state index in [9.17, 15) is 8.78 Å². The normalized spacial score (nSPS) is 10.3. The van der Waals surface area contributed by atoms with Crippen LogP contribution in [0.1, 0.15) is 12.5 Å². The first-order valence-corrected chi connectivity index (χ1v) is 5.80. The number of ether oxygens (including phenoxy) is 1. The van der Waals surface area contributed by atoms with Gasteiger partial charge in [0.25, 0.3) is 0 Å². The predicted molar refractivity (Wildman–Crippen MR) is 67.4 cm³/mol. The van der Waals surface area contributed by atoms with Crippen LogP contribution in [0.3, 0.4) is 0 Å². The number of rotatable bonds is 4. The number of hydrogen-bond donors (Lipinski definition) is 1. The predicted octanol–water partition coefficient (Wildman–Crippen LogP) is 3.29. The van der Waals surface area contributed by atoms with E-state index in [1.54, 1.807) is 6.92 Å². The molecule has 0 aliphatic carbocycles. The topological polar surface area (TPSA) is 47.0 Å².